The summed E-state index contributed by atoms with van der Waals surface area (Å²) in [5.74, 6) is -0.391. The van der Waals surface area contributed by atoms with E-state index in [4.69, 9.17) is 23.6 Å². The van der Waals surface area contributed by atoms with Gasteiger partial charge in [0.2, 0.25) is 0 Å². The normalized spacial score (nSPS) is 14.2. The average molecular weight is 883 g/mol. The van der Waals surface area contributed by atoms with Crippen LogP contribution in [0, 0.1) is 0 Å². The first kappa shape index (κ1) is 59.4. The molecule has 0 rings (SSSR count). The van der Waals surface area contributed by atoms with Crippen LogP contribution < -0.4 is 0 Å². The quantitative estimate of drug-likeness (QED) is 0.0236. The van der Waals surface area contributed by atoms with Gasteiger partial charge in [-0.3, -0.25) is 13.8 Å². The summed E-state index contributed by atoms with van der Waals surface area (Å²) in [6.07, 6.45) is 55.0. The zero-order valence-corrected chi connectivity index (χ0v) is 40.3. The van der Waals surface area contributed by atoms with Crippen LogP contribution in [0.5, 0.6) is 0 Å². The fraction of sp³-hybridized carbons (Fsp3) is 0.824. The number of esters is 1. The van der Waals surface area contributed by atoms with Gasteiger partial charge in [-0.05, 0) is 77.0 Å². The van der Waals surface area contributed by atoms with Crippen LogP contribution in [0.2, 0.25) is 0 Å². The van der Waals surface area contributed by atoms with Crippen molar-refractivity contribution in [1.29, 1.82) is 0 Å². The van der Waals surface area contributed by atoms with Gasteiger partial charge in [0.15, 0.2) is 0 Å². The molecule has 3 N–H and O–H groups in total. The minimum atomic E-state index is -4.53. The van der Waals surface area contributed by atoms with Gasteiger partial charge in [0.05, 0.1) is 26.4 Å². The lowest BCUT2D eigenvalue weighted by Crippen LogP contribution is -2.29. The number of aliphatic hydroxyl groups excluding tert-OH is 2. The smallest absolute Gasteiger partial charge is 0.457 e. The van der Waals surface area contributed by atoms with E-state index in [9.17, 15) is 19.4 Å². The molecule has 0 aliphatic heterocycles. The van der Waals surface area contributed by atoms with Crippen molar-refractivity contribution >= 4 is 13.8 Å². The highest BCUT2D eigenvalue weighted by molar-refractivity contribution is 7.47. The van der Waals surface area contributed by atoms with Gasteiger partial charge in [-0.15, -0.1) is 0 Å². The van der Waals surface area contributed by atoms with E-state index in [1.807, 2.05) is 0 Å². The number of unbranched alkanes of at least 4 members (excludes halogenated alkanes) is 26. The summed E-state index contributed by atoms with van der Waals surface area (Å²) < 4.78 is 33.5. The van der Waals surface area contributed by atoms with Crippen LogP contribution in [0.25, 0.3) is 0 Å². The molecule has 0 aromatic carbocycles. The van der Waals surface area contributed by atoms with Crippen LogP contribution in [0.4, 0.5) is 0 Å². The Kier molecular flexibility index (Phi) is 46.6. The summed E-state index contributed by atoms with van der Waals surface area (Å²) in [5.41, 5.74) is 0. The first-order chi connectivity index (χ1) is 29.8. The summed E-state index contributed by atoms with van der Waals surface area (Å²) in [7, 11) is -4.53. The van der Waals surface area contributed by atoms with Crippen LogP contribution in [-0.2, 0) is 27.9 Å². The molecule has 0 saturated carbocycles. The molecule has 61 heavy (non-hydrogen) atoms. The van der Waals surface area contributed by atoms with Gasteiger partial charge in [0, 0.05) is 13.0 Å². The minimum Gasteiger partial charge on any atom is -0.457 e. The predicted octanol–water partition coefficient (Wildman–Crippen LogP) is 14.5. The molecule has 3 atom stereocenters. The van der Waals surface area contributed by atoms with Gasteiger partial charge in [0.25, 0.3) is 0 Å². The van der Waals surface area contributed by atoms with E-state index in [1.165, 1.54) is 135 Å². The van der Waals surface area contributed by atoms with Gasteiger partial charge in [-0.2, -0.15) is 0 Å². The van der Waals surface area contributed by atoms with Crippen molar-refractivity contribution in [3.8, 4) is 0 Å². The van der Waals surface area contributed by atoms with Crippen LogP contribution in [-0.4, -0.2) is 66.3 Å². The van der Waals surface area contributed by atoms with Crippen LogP contribution in [0.1, 0.15) is 226 Å². The number of phosphoric acid groups is 1. The number of allylic oxidation sites excluding steroid dienone is 8. The standard InChI is InChI=1S/C51H95O9P/c1-3-5-7-9-11-13-15-17-19-21-22-23-24-25-26-27-29-31-33-35-37-39-41-43-51(54)60-50(48-59-61(55,56)58-46-49(53)45-52)47-57-44-42-40-38-36-34-32-30-28-20-18-16-14-12-10-8-6-4-2/h15,17,20-22,24-25,28,49-50,52-53H,3-14,16,18-19,23,26-27,29-48H2,1-2H3,(H,55,56)/b17-15-,22-21-,25-24-,28-20-. The van der Waals surface area contributed by atoms with Crippen molar-refractivity contribution in [1.82, 2.24) is 0 Å². The molecular weight excluding hydrogens is 788 g/mol. The van der Waals surface area contributed by atoms with Crippen LogP contribution >= 0.6 is 7.82 Å². The van der Waals surface area contributed by atoms with Crippen molar-refractivity contribution in [3.63, 3.8) is 0 Å². The Balaban J connectivity index is 4.11. The highest BCUT2D eigenvalue weighted by Gasteiger charge is 2.26. The molecule has 9 nitrogen and oxygen atoms in total. The second-order valence-corrected chi connectivity index (χ2v) is 18.3. The molecule has 0 fully saturated rings. The maximum Gasteiger partial charge on any atom is 0.472 e. The maximum absolute atomic E-state index is 12.7. The fourth-order valence-electron chi connectivity index (χ4n) is 6.89. The van der Waals surface area contributed by atoms with Gasteiger partial charge in [-0.1, -0.05) is 191 Å². The third kappa shape index (κ3) is 47.7. The SMILES string of the molecule is CCCCCCC/C=C\C/C=C\C/C=C\CCCCCCCCCCC(=O)OC(COCCCCCCCC/C=C\CCCCCCCCC)COP(=O)(O)OCC(O)CO. The number of carbonyl (C=O) groups excluding carboxylic acids is 1. The summed E-state index contributed by atoms with van der Waals surface area (Å²) in [6, 6.07) is 0. The number of carbonyl (C=O) groups is 1. The third-order valence-electron chi connectivity index (χ3n) is 10.7. The Bertz CT molecular complexity index is 1090. The molecule has 0 aliphatic carbocycles. The monoisotopic (exact) mass is 883 g/mol. The maximum atomic E-state index is 12.7. The molecule has 0 spiro atoms. The Morgan fingerprint density at radius 2 is 0.885 bits per heavy atom. The van der Waals surface area contributed by atoms with Crippen molar-refractivity contribution in [2.24, 2.45) is 0 Å². The second-order valence-electron chi connectivity index (χ2n) is 16.8. The zero-order valence-electron chi connectivity index (χ0n) is 39.4. The molecule has 0 aromatic heterocycles. The third-order valence-corrected chi connectivity index (χ3v) is 11.7. The van der Waals surface area contributed by atoms with Gasteiger partial charge in [0.1, 0.15) is 12.2 Å². The Hall–Kier alpha value is -1.58. The highest BCUT2D eigenvalue weighted by atomic mass is 31.2. The van der Waals surface area contributed by atoms with Crippen molar-refractivity contribution in [2.45, 2.75) is 238 Å². The van der Waals surface area contributed by atoms with Crippen molar-refractivity contribution < 1.29 is 43.0 Å². The highest BCUT2D eigenvalue weighted by Crippen LogP contribution is 2.43. The second kappa shape index (κ2) is 47.9. The van der Waals surface area contributed by atoms with E-state index in [2.05, 4.69) is 62.5 Å². The largest absolute Gasteiger partial charge is 0.472 e. The number of ether oxygens (including phenoxy) is 2. The lowest BCUT2D eigenvalue weighted by Gasteiger charge is -2.20. The Morgan fingerprint density at radius 1 is 0.508 bits per heavy atom. The lowest BCUT2D eigenvalue weighted by atomic mass is 10.1. The van der Waals surface area contributed by atoms with E-state index in [0.717, 1.165) is 70.6 Å². The molecule has 10 heteroatoms. The summed E-state index contributed by atoms with van der Waals surface area (Å²) in [5, 5.41) is 18.4. The molecule has 0 saturated heterocycles. The molecule has 0 heterocycles. The molecule has 358 valence electrons. The average Bonchev–Trinajstić information content (AvgIpc) is 3.25. The first-order valence-corrected chi connectivity index (χ1v) is 26.6. The molecule has 0 amide bonds. The fourth-order valence-corrected chi connectivity index (χ4v) is 7.68. The molecule has 3 unspecified atom stereocenters. The van der Waals surface area contributed by atoms with Crippen LogP contribution in [0.3, 0.4) is 0 Å². The summed E-state index contributed by atoms with van der Waals surface area (Å²) in [6.45, 7) is 3.50. The van der Waals surface area contributed by atoms with E-state index in [-0.39, 0.29) is 19.6 Å². The Morgan fingerprint density at radius 3 is 1.34 bits per heavy atom. The Labute approximate surface area is 375 Å². The van der Waals surface area contributed by atoms with E-state index < -0.39 is 39.2 Å². The molecule has 0 bridgehead atoms. The number of hydrogen-bond donors (Lipinski definition) is 3. The molecule has 0 radical (unpaired) electrons. The van der Waals surface area contributed by atoms with Gasteiger partial charge >= 0.3 is 13.8 Å². The number of aliphatic hydroxyl groups is 2. The van der Waals surface area contributed by atoms with Gasteiger partial charge in [-0.25, -0.2) is 4.57 Å². The summed E-state index contributed by atoms with van der Waals surface area (Å²) in [4.78, 5) is 22.7. The predicted molar refractivity (Wildman–Crippen MR) is 256 cm³/mol. The molecule has 0 aromatic rings. The number of hydrogen-bond acceptors (Lipinski definition) is 8. The van der Waals surface area contributed by atoms with Crippen molar-refractivity contribution in [2.75, 3.05) is 33.0 Å². The first-order valence-electron chi connectivity index (χ1n) is 25.1. The van der Waals surface area contributed by atoms with Crippen LogP contribution in [0.15, 0.2) is 48.6 Å². The number of rotatable bonds is 48. The zero-order chi connectivity index (χ0) is 44.6. The van der Waals surface area contributed by atoms with Gasteiger partial charge < -0.3 is 24.6 Å². The number of phosphoric ester groups is 1. The molecular formula is C51H95O9P. The van der Waals surface area contributed by atoms with Crippen molar-refractivity contribution in [3.05, 3.63) is 48.6 Å². The lowest BCUT2D eigenvalue weighted by molar-refractivity contribution is -0.154. The molecule has 0 aliphatic rings. The topological polar surface area (TPSA) is 132 Å². The summed E-state index contributed by atoms with van der Waals surface area (Å²) >= 11 is 0. The van der Waals surface area contributed by atoms with E-state index in [0.29, 0.717) is 6.61 Å². The van der Waals surface area contributed by atoms with E-state index in [1.54, 1.807) is 0 Å². The van der Waals surface area contributed by atoms with E-state index >= 15 is 0 Å². The minimum absolute atomic E-state index is 0.0419.